The van der Waals surface area contributed by atoms with Crippen LogP contribution in [0, 0.1) is 5.92 Å². The van der Waals surface area contributed by atoms with Crippen molar-refractivity contribution in [3.05, 3.63) is 107 Å². The van der Waals surface area contributed by atoms with Crippen molar-refractivity contribution in [2.45, 2.75) is 71.1 Å². The topological polar surface area (TPSA) is 134 Å². The molecule has 4 N–H and O–H groups in total. The lowest BCUT2D eigenvalue weighted by Crippen LogP contribution is -2.48. The second-order valence-corrected chi connectivity index (χ2v) is 12.9. The number of anilines is 1. The van der Waals surface area contributed by atoms with Crippen LogP contribution in [0.25, 0.3) is 11.1 Å². The number of rotatable bonds is 11. The molecule has 10 heteroatoms. The zero-order chi connectivity index (χ0) is 33.6. The van der Waals surface area contributed by atoms with Gasteiger partial charge in [-0.15, -0.1) is 0 Å². The Balaban J connectivity index is 1.24. The standard InChI is InChI=1S/C37H43N5O5/c1-6-23(2)33(40-35(44)46-22-29-27-18-12-10-16-25(27)26-17-11-13-19-28(26)29)34(43)39-32-21-31(41-42-32)30(20-24-14-8-7-9-15-24)38-36(45)47-37(3,4)5/h7-19,21,23,29-30,33H,6,20,22H2,1-5H3,(H,38,45)(H,40,44)(H2,39,41,42,43)/t23?,30-,33-/m0/s1. The highest BCUT2D eigenvalue weighted by Gasteiger charge is 2.31. The number of ether oxygens (including phenoxy) is 2. The Morgan fingerprint density at radius 2 is 1.49 bits per heavy atom. The number of amides is 3. The fourth-order valence-corrected chi connectivity index (χ4v) is 5.79. The molecule has 1 heterocycles. The molecule has 1 unspecified atom stereocenters. The van der Waals surface area contributed by atoms with Gasteiger partial charge in [-0.3, -0.25) is 9.89 Å². The normalized spacial score (nSPS) is 14.2. The third-order valence-corrected chi connectivity index (χ3v) is 8.31. The molecule has 1 aliphatic rings. The Labute approximate surface area is 275 Å². The first-order valence-corrected chi connectivity index (χ1v) is 16.0. The summed E-state index contributed by atoms with van der Waals surface area (Å²) in [5.41, 5.74) is 5.41. The molecule has 0 aliphatic heterocycles. The summed E-state index contributed by atoms with van der Waals surface area (Å²) in [5.74, 6) is -0.444. The summed E-state index contributed by atoms with van der Waals surface area (Å²) in [5, 5.41) is 15.7. The largest absolute Gasteiger partial charge is 0.449 e. The van der Waals surface area contributed by atoms with Crippen LogP contribution in [-0.4, -0.2) is 46.5 Å². The number of aromatic amines is 1. The predicted octanol–water partition coefficient (Wildman–Crippen LogP) is 7.11. The lowest BCUT2D eigenvalue weighted by molar-refractivity contribution is -0.119. The number of fused-ring (bicyclic) bond motifs is 3. The maximum absolute atomic E-state index is 13.5. The molecular formula is C37H43N5O5. The van der Waals surface area contributed by atoms with Gasteiger partial charge in [-0.2, -0.15) is 5.10 Å². The Bertz CT molecular complexity index is 1650. The molecule has 3 atom stereocenters. The van der Waals surface area contributed by atoms with Crippen LogP contribution in [0.4, 0.5) is 15.4 Å². The van der Waals surface area contributed by atoms with Crippen LogP contribution in [0.1, 0.15) is 75.4 Å². The summed E-state index contributed by atoms with van der Waals surface area (Å²) in [6, 6.07) is 26.3. The van der Waals surface area contributed by atoms with Crippen LogP contribution in [0.5, 0.6) is 0 Å². The van der Waals surface area contributed by atoms with Crippen molar-refractivity contribution in [3.8, 4) is 11.1 Å². The molecule has 0 saturated carbocycles. The third kappa shape index (κ3) is 8.38. The van der Waals surface area contributed by atoms with E-state index in [9.17, 15) is 14.4 Å². The summed E-state index contributed by atoms with van der Waals surface area (Å²) < 4.78 is 11.2. The molecule has 3 aromatic carbocycles. The maximum Gasteiger partial charge on any atom is 0.408 e. The van der Waals surface area contributed by atoms with E-state index < -0.39 is 35.8 Å². The van der Waals surface area contributed by atoms with Crippen LogP contribution in [0.3, 0.4) is 0 Å². The van der Waals surface area contributed by atoms with E-state index in [1.807, 2.05) is 68.4 Å². The van der Waals surface area contributed by atoms with Crippen LogP contribution in [-0.2, 0) is 20.7 Å². The fourth-order valence-electron chi connectivity index (χ4n) is 5.79. The van der Waals surface area contributed by atoms with Gasteiger partial charge in [-0.25, -0.2) is 9.59 Å². The van der Waals surface area contributed by atoms with E-state index in [4.69, 9.17) is 9.47 Å². The van der Waals surface area contributed by atoms with Gasteiger partial charge < -0.3 is 25.4 Å². The molecule has 0 saturated heterocycles. The summed E-state index contributed by atoms with van der Waals surface area (Å²) in [4.78, 5) is 39.3. The van der Waals surface area contributed by atoms with E-state index in [1.54, 1.807) is 26.8 Å². The van der Waals surface area contributed by atoms with Crippen molar-refractivity contribution < 1.29 is 23.9 Å². The lowest BCUT2D eigenvalue weighted by Gasteiger charge is -2.23. The second kappa shape index (κ2) is 14.5. The fraction of sp³-hybridized carbons (Fsp3) is 0.351. The third-order valence-electron chi connectivity index (χ3n) is 8.31. The smallest absolute Gasteiger partial charge is 0.408 e. The van der Waals surface area contributed by atoms with Crippen LogP contribution >= 0.6 is 0 Å². The molecular weight excluding hydrogens is 594 g/mol. The molecule has 47 heavy (non-hydrogen) atoms. The first-order chi connectivity index (χ1) is 22.5. The minimum Gasteiger partial charge on any atom is -0.449 e. The molecule has 0 spiro atoms. The molecule has 246 valence electrons. The molecule has 0 fully saturated rings. The van der Waals surface area contributed by atoms with Crippen molar-refractivity contribution in [2.75, 3.05) is 11.9 Å². The molecule has 1 aliphatic carbocycles. The van der Waals surface area contributed by atoms with Crippen LogP contribution in [0.2, 0.25) is 0 Å². The number of carbonyl (C=O) groups excluding carboxylic acids is 3. The second-order valence-electron chi connectivity index (χ2n) is 12.9. The zero-order valence-electron chi connectivity index (χ0n) is 27.5. The first kappa shape index (κ1) is 33.2. The number of hydrogen-bond acceptors (Lipinski definition) is 6. The molecule has 0 bridgehead atoms. The van der Waals surface area contributed by atoms with Crippen molar-refractivity contribution in [1.82, 2.24) is 20.8 Å². The number of nitrogens with one attached hydrogen (secondary N) is 4. The summed E-state index contributed by atoms with van der Waals surface area (Å²) in [6.07, 6.45) is -0.122. The minimum atomic E-state index is -0.865. The van der Waals surface area contributed by atoms with Gasteiger partial charge in [-0.1, -0.05) is 99.1 Å². The van der Waals surface area contributed by atoms with Crippen molar-refractivity contribution in [3.63, 3.8) is 0 Å². The summed E-state index contributed by atoms with van der Waals surface area (Å²) >= 11 is 0. The van der Waals surface area contributed by atoms with E-state index in [1.165, 1.54) is 0 Å². The Morgan fingerprint density at radius 3 is 2.11 bits per heavy atom. The Hall–Kier alpha value is -5.12. The van der Waals surface area contributed by atoms with Crippen LogP contribution < -0.4 is 16.0 Å². The number of benzene rings is 3. The Kier molecular flexibility index (Phi) is 10.3. The summed E-state index contributed by atoms with van der Waals surface area (Å²) in [7, 11) is 0. The van der Waals surface area contributed by atoms with Crippen molar-refractivity contribution in [2.24, 2.45) is 5.92 Å². The number of alkyl carbamates (subject to hydrolysis) is 2. The number of nitrogens with zero attached hydrogens (tertiary/aromatic N) is 1. The molecule has 4 aromatic rings. The highest BCUT2D eigenvalue weighted by molar-refractivity contribution is 5.96. The average molecular weight is 638 g/mol. The van der Waals surface area contributed by atoms with E-state index in [0.29, 0.717) is 18.5 Å². The minimum absolute atomic E-state index is 0.0929. The van der Waals surface area contributed by atoms with Gasteiger partial charge in [-0.05, 0) is 60.9 Å². The number of H-pyrrole nitrogens is 1. The SMILES string of the molecule is CCC(C)[C@H](NC(=O)OCC1c2ccccc2-c2ccccc21)C(=O)Nc1cc([C@H](Cc2ccccc2)NC(=O)OC(C)(C)C)[nH]n1. The Morgan fingerprint density at radius 1 is 0.872 bits per heavy atom. The quantitative estimate of drug-likeness (QED) is 0.138. The zero-order valence-corrected chi connectivity index (χ0v) is 27.5. The van der Waals surface area contributed by atoms with Gasteiger partial charge in [0.05, 0.1) is 11.7 Å². The van der Waals surface area contributed by atoms with Gasteiger partial charge in [0.1, 0.15) is 18.2 Å². The molecule has 10 nitrogen and oxygen atoms in total. The highest BCUT2D eigenvalue weighted by Crippen LogP contribution is 2.44. The van der Waals surface area contributed by atoms with Gasteiger partial charge in [0.15, 0.2) is 5.82 Å². The van der Waals surface area contributed by atoms with E-state index in [2.05, 4.69) is 50.4 Å². The van der Waals surface area contributed by atoms with E-state index >= 15 is 0 Å². The monoisotopic (exact) mass is 637 g/mol. The molecule has 1 aromatic heterocycles. The van der Waals surface area contributed by atoms with Crippen molar-refractivity contribution in [1.29, 1.82) is 0 Å². The van der Waals surface area contributed by atoms with Crippen molar-refractivity contribution >= 4 is 23.9 Å². The first-order valence-electron chi connectivity index (χ1n) is 16.0. The maximum atomic E-state index is 13.5. The predicted molar refractivity (Wildman–Crippen MR) is 181 cm³/mol. The van der Waals surface area contributed by atoms with E-state index in [-0.39, 0.29) is 24.3 Å². The molecule has 5 rings (SSSR count). The highest BCUT2D eigenvalue weighted by atomic mass is 16.6. The van der Waals surface area contributed by atoms with Gasteiger partial charge in [0.2, 0.25) is 5.91 Å². The summed E-state index contributed by atoms with van der Waals surface area (Å²) in [6.45, 7) is 9.38. The number of aromatic nitrogens is 2. The van der Waals surface area contributed by atoms with Gasteiger partial charge >= 0.3 is 12.2 Å². The molecule has 3 amide bonds. The van der Waals surface area contributed by atoms with Crippen LogP contribution in [0.15, 0.2) is 84.9 Å². The van der Waals surface area contributed by atoms with E-state index in [0.717, 1.165) is 27.8 Å². The number of carbonyl (C=O) groups is 3. The number of hydrogen-bond donors (Lipinski definition) is 4. The van der Waals surface area contributed by atoms with Gasteiger partial charge in [0, 0.05) is 12.0 Å². The van der Waals surface area contributed by atoms with Gasteiger partial charge in [0.25, 0.3) is 0 Å². The molecule has 0 radical (unpaired) electrons. The lowest BCUT2D eigenvalue weighted by atomic mass is 9.98. The average Bonchev–Trinajstić information content (AvgIpc) is 3.64.